The van der Waals surface area contributed by atoms with Crippen LogP contribution in [0.3, 0.4) is 0 Å². The summed E-state index contributed by atoms with van der Waals surface area (Å²) in [5.74, 6) is -5.06. The Hall–Kier alpha value is -2.93. The van der Waals surface area contributed by atoms with Crippen LogP contribution in [0.1, 0.15) is 24.6 Å². The van der Waals surface area contributed by atoms with Gasteiger partial charge in [0.1, 0.15) is 0 Å². The van der Waals surface area contributed by atoms with Gasteiger partial charge in [-0.25, -0.2) is 25.9 Å². The number of amides is 2. The van der Waals surface area contributed by atoms with Gasteiger partial charge in [0.2, 0.25) is 21.8 Å². The fourth-order valence-corrected chi connectivity index (χ4v) is 5.05. The van der Waals surface area contributed by atoms with Crippen LogP contribution in [0, 0.1) is 23.4 Å². The van der Waals surface area contributed by atoms with Gasteiger partial charge in [0.15, 0.2) is 17.5 Å². The summed E-state index contributed by atoms with van der Waals surface area (Å²) >= 11 is 0. The molecule has 1 unspecified atom stereocenters. The van der Waals surface area contributed by atoms with Crippen LogP contribution >= 0.6 is 0 Å². The first-order valence-electron chi connectivity index (χ1n) is 11.0. The molecule has 2 amide bonds. The molecule has 0 aliphatic carbocycles. The van der Waals surface area contributed by atoms with Crippen molar-refractivity contribution in [3.8, 4) is 0 Å². The Labute approximate surface area is 201 Å². The van der Waals surface area contributed by atoms with Crippen molar-refractivity contribution in [3.05, 3.63) is 47.0 Å². The lowest BCUT2D eigenvalue weighted by molar-refractivity contribution is -0.134. The third-order valence-corrected chi connectivity index (χ3v) is 7.79. The monoisotopic (exact) mass is 513 g/mol. The van der Waals surface area contributed by atoms with Crippen molar-refractivity contribution >= 4 is 27.5 Å². The highest BCUT2D eigenvalue weighted by Crippen LogP contribution is 2.32. The van der Waals surface area contributed by atoms with Crippen LogP contribution in [-0.2, 0) is 39.1 Å². The molecule has 35 heavy (non-hydrogen) atoms. The number of carbonyl (C=O) groups is 2. The average Bonchev–Trinajstić information content (AvgIpc) is 3.32. The van der Waals surface area contributed by atoms with Gasteiger partial charge in [-0.1, -0.05) is 0 Å². The lowest BCUT2D eigenvalue weighted by Gasteiger charge is -2.35. The fraction of sp³-hybridized carbons (Fsp3) is 0.500. The number of sulfonamides is 1. The van der Waals surface area contributed by atoms with Crippen LogP contribution in [0.15, 0.2) is 18.3 Å². The molecule has 13 heteroatoms. The fourth-order valence-electron chi connectivity index (χ4n) is 4.57. The number of anilines is 1. The van der Waals surface area contributed by atoms with Gasteiger partial charge in [-0.05, 0) is 30.5 Å². The number of hydrogen-bond acceptors (Lipinski definition) is 5. The number of benzene rings is 1. The number of aromatic nitrogens is 2. The van der Waals surface area contributed by atoms with E-state index >= 15 is 0 Å². The maximum absolute atomic E-state index is 13.6. The molecule has 2 aliphatic heterocycles. The molecule has 1 saturated heterocycles. The second-order valence-corrected chi connectivity index (χ2v) is 11.3. The first-order chi connectivity index (χ1) is 16.3. The smallest absolute Gasteiger partial charge is 0.227 e. The van der Waals surface area contributed by atoms with Crippen molar-refractivity contribution in [2.45, 2.75) is 38.9 Å². The molecule has 0 spiro atoms. The minimum absolute atomic E-state index is 0.0189. The molecule has 1 fully saturated rings. The van der Waals surface area contributed by atoms with Crippen molar-refractivity contribution in [1.29, 1.82) is 0 Å². The van der Waals surface area contributed by atoms with E-state index in [1.165, 1.54) is 16.3 Å². The van der Waals surface area contributed by atoms with Gasteiger partial charge in [0.25, 0.3) is 0 Å². The number of rotatable bonds is 6. The average molecular weight is 514 g/mol. The summed E-state index contributed by atoms with van der Waals surface area (Å²) in [7, 11) is -1.91. The number of hydrogen-bond donors (Lipinski definition) is 0. The van der Waals surface area contributed by atoms with Crippen molar-refractivity contribution in [2.24, 2.45) is 5.92 Å². The molecule has 4 rings (SSSR count). The van der Waals surface area contributed by atoms with E-state index in [9.17, 15) is 31.2 Å². The van der Waals surface area contributed by atoms with Gasteiger partial charge in [-0.3, -0.25) is 14.3 Å². The van der Waals surface area contributed by atoms with Crippen LogP contribution in [0.5, 0.6) is 0 Å². The standard InChI is InChI=1S/C22H26F3N5O4S/c1-13-9-30-19(12-28(13)20(31)6-14-4-16(23)22(25)17(24)5-14)18(8-26-30)29-11-15(7-21(29)32)10-27(2)35(3,33)34/h4-5,8,13,15H,6-7,9-12H2,1-3H3/t13-,15?/m0/s1. The molecule has 0 saturated carbocycles. The second kappa shape index (κ2) is 9.26. The van der Waals surface area contributed by atoms with Crippen LogP contribution < -0.4 is 4.90 Å². The minimum atomic E-state index is -3.37. The van der Waals surface area contributed by atoms with E-state index < -0.39 is 33.4 Å². The first kappa shape index (κ1) is 25.2. The molecule has 1 aromatic carbocycles. The van der Waals surface area contributed by atoms with Gasteiger partial charge in [-0.15, -0.1) is 0 Å². The van der Waals surface area contributed by atoms with Crippen LogP contribution in [-0.4, -0.2) is 71.7 Å². The molecule has 3 heterocycles. The predicted molar refractivity (Wildman–Crippen MR) is 120 cm³/mol. The van der Waals surface area contributed by atoms with Crippen LogP contribution in [0.2, 0.25) is 0 Å². The van der Waals surface area contributed by atoms with Gasteiger partial charge in [0, 0.05) is 32.6 Å². The largest absolute Gasteiger partial charge is 0.332 e. The van der Waals surface area contributed by atoms with Gasteiger partial charge < -0.3 is 9.80 Å². The summed E-state index contributed by atoms with van der Waals surface area (Å²) in [5, 5.41) is 4.36. The molecule has 2 aromatic rings. The highest BCUT2D eigenvalue weighted by Gasteiger charge is 2.37. The number of fused-ring (bicyclic) bond motifs is 1. The molecular weight excluding hydrogens is 487 g/mol. The van der Waals surface area contributed by atoms with E-state index in [0.717, 1.165) is 18.4 Å². The van der Waals surface area contributed by atoms with Gasteiger partial charge in [0.05, 0.1) is 43.3 Å². The summed E-state index contributed by atoms with van der Waals surface area (Å²) in [6.07, 6.45) is 2.54. The highest BCUT2D eigenvalue weighted by atomic mass is 32.2. The SMILES string of the molecule is C[C@H]1Cn2ncc(N3CC(CN(C)S(C)(=O)=O)CC3=O)c2CN1C(=O)Cc1cc(F)c(F)c(F)c1. The van der Waals surface area contributed by atoms with Crippen LogP contribution in [0.25, 0.3) is 0 Å². The molecule has 0 radical (unpaired) electrons. The topological polar surface area (TPSA) is 95.8 Å². The van der Waals surface area contributed by atoms with E-state index in [-0.39, 0.29) is 49.4 Å². The van der Waals surface area contributed by atoms with E-state index in [0.29, 0.717) is 24.5 Å². The summed E-state index contributed by atoms with van der Waals surface area (Å²) < 4.78 is 66.8. The number of halogens is 3. The number of nitrogens with zero attached hydrogens (tertiary/aromatic N) is 5. The van der Waals surface area contributed by atoms with Crippen molar-refractivity contribution in [3.63, 3.8) is 0 Å². The third-order valence-electron chi connectivity index (χ3n) is 6.51. The van der Waals surface area contributed by atoms with Gasteiger partial charge in [-0.2, -0.15) is 5.10 Å². The second-order valence-electron chi connectivity index (χ2n) is 9.20. The molecule has 0 N–H and O–H groups in total. The van der Waals surface area contributed by atoms with Crippen molar-refractivity contribution in [1.82, 2.24) is 19.0 Å². The molecule has 9 nitrogen and oxygen atoms in total. The normalized spacial score (nSPS) is 20.6. The Balaban J connectivity index is 1.51. The Morgan fingerprint density at radius 3 is 2.49 bits per heavy atom. The maximum Gasteiger partial charge on any atom is 0.227 e. The quantitative estimate of drug-likeness (QED) is 0.546. The highest BCUT2D eigenvalue weighted by molar-refractivity contribution is 7.88. The lowest BCUT2D eigenvalue weighted by atomic mass is 10.1. The Bertz CT molecular complexity index is 1260. The van der Waals surface area contributed by atoms with E-state index in [4.69, 9.17) is 0 Å². The Kier molecular flexibility index (Phi) is 6.66. The zero-order valence-electron chi connectivity index (χ0n) is 19.5. The summed E-state index contributed by atoms with van der Waals surface area (Å²) in [6.45, 7) is 2.81. The molecule has 190 valence electrons. The van der Waals surface area contributed by atoms with Gasteiger partial charge >= 0.3 is 0 Å². The molecule has 1 aromatic heterocycles. The molecular formula is C22H26F3N5O4S. The molecule has 2 atom stereocenters. The van der Waals surface area contributed by atoms with Crippen molar-refractivity contribution in [2.75, 3.05) is 31.3 Å². The lowest BCUT2D eigenvalue weighted by Crippen LogP contribution is -2.46. The summed E-state index contributed by atoms with van der Waals surface area (Å²) in [5.41, 5.74) is 1.20. The zero-order valence-corrected chi connectivity index (χ0v) is 20.4. The first-order valence-corrected chi connectivity index (χ1v) is 12.9. The number of carbonyl (C=O) groups excluding carboxylic acids is 2. The van der Waals surface area contributed by atoms with Crippen LogP contribution in [0.4, 0.5) is 18.9 Å². The zero-order chi connectivity index (χ0) is 25.7. The van der Waals surface area contributed by atoms with E-state index in [1.54, 1.807) is 15.8 Å². The Morgan fingerprint density at radius 1 is 1.20 bits per heavy atom. The summed E-state index contributed by atoms with van der Waals surface area (Å²) in [4.78, 5) is 28.8. The third kappa shape index (κ3) is 5.06. The predicted octanol–water partition coefficient (Wildman–Crippen LogP) is 1.52. The van der Waals surface area contributed by atoms with E-state index in [1.807, 2.05) is 6.92 Å². The summed E-state index contributed by atoms with van der Waals surface area (Å²) in [6, 6.07) is 1.33. The Morgan fingerprint density at radius 2 is 1.86 bits per heavy atom. The molecule has 2 aliphatic rings. The van der Waals surface area contributed by atoms with E-state index in [2.05, 4.69) is 5.10 Å². The minimum Gasteiger partial charge on any atom is -0.332 e. The maximum atomic E-state index is 13.6. The molecule has 0 bridgehead atoms. The van der Waals surface area contributed by atoms with Crippen molar-refractivity contribution < 1.29 is 31.2 Å².